The van der Waals surface area contributed by atoms with Crippen LogP contribution in [0.1, 0.15) is 32.4 Å². The Morgan fingerprint density at radius 2 is 1.90 bits per heavy atom. The molecule has 112 valence electrons. The van der Waals surface area contributed by atoms with Crippen LogP contribution in [0.2, 0.25) is 0 Å². The molecule has 0 bridgehead atoms. The van der Waals surface area contributed by atoms with E-state index in [4.69, 9.17) is 0 Å². The zero-order chi connectivity index (χ0) is 15.4. The second-order valence-electron chi connectivity index (χ2n) is 5.23. The van der Waals surface area contributed by atoms with Gasteiger partial charge in [-0.15, -0.1) is 10.2 Å². The molecule has 6 heteroatoms. The molecule has 5 nitrogen and oxygen atoms in total. The molecule has 1 aromatic carbocycles. The van der Waals surface area contributed by atoms with E-state index >= 15 is 0 Å². The van der Waals surface area contributed by atoms with Gasteiger partial charge in [0, 0.05) is 11.7 Å². The van der Waals surface area contributed by atoms with Crippen LogP contribution in [0.5, 0.6) is 0 Å². The molecule has 0 saturated carbocycles. The molecule has 0 aliphatic rings. The number of carbonyl (C=O) groups excluding carboxylic acids is 1. The number of amides is 1. The van der Waals surface area contributed by atoms with Crippen molar-refractivity contribution in [3.8, 4) is 0 Å². The van der Waals surface area contributed by atoms with Crippen LogP contribution in [0.3, 0.4) is 0 Å². The number of aryl methyl sites for hydroxylation is 1. The first kappa shape index (κ1) is 15.6. The number of nitrogens with one attached hydrogen (secondary N) is 1. The molecule has 0 unspecified atom stereocenters. The van der Waals surface area contributed by atoms with Crippen molar-refractivity contribution in [3.05, 3.63) is 36.2 Å². The molecule has 1 N–H and O–H groups in total. The van der Waals surface area contributed by atoms with Gasteiger partial charge in [0.2, 0.25) is 5.91 Å². The Labute approximate surface area is 129 Å². The van der Waals surface area contributed by atoms with E-state index in [0.717, 1.165) is 10.8 Å². The fraction of sp³-hybridized carbons (Fsp3) is 0.400. The van der Waals surface area contributed by atoms with Gasteiger partial charge in [-0.05, 0) is 39.8 Å². The molecule has 1 aromatic heterocycles. The van der Waals surface area contributed by atoms with Gasteiger partial charge in [0.1, 0.15) is 6.33 Å². The van der Waals surface area contributed by atoms with Crippen molar-refractivity contribution in [2.75, 3.05) is 5.32 Å². The van der Waals surface area contributed by atoms with E-state index in [1.165, 1.54) is 17.3 Å². The molecule has 2 aromatic rings. The highest BCUT2D eigenvalue weighted by molar-refractivity contribution is 8.00. The third-order valence-electron chi connectivity index (χ3n) is 3.07. The maximum atomic E-state index is 12.2. The van der Waals surface area contributed by atoms with E-state index in [-0.39, 0.29) is 17.2 Å². The van der Waals surface area contributed by atoms with E-state index in [0.29, 0.717) is 0 Å². The monoisotopic (exact) mass is 304 g/mol. The molecule has 0 spiro atoms. The van der Waals surface area contributed by atoms with Crippen LogP contribution in [0, 0.1) is 6.92 Å². The molecule has 1 atom stereocenters. The molecule has 1 amide bonds. The predicted octanol–water partition coefficient (Wildman–Crippen LogP) is 3.29. The van der Waals surface area contributed by atoms with Gasteiger partial charge < -0.3 is 9.88 Å². The number of hydrogen-bond donors (Lipinski definition) is 1. The van der Waals surface area contributed by atoms with Crippen LogP contribution in [-0.2, 0) is 4.79 Å². The third kappa shape index (κ3) is 4.07. The van der Waals surface area contributed by atoms with Crippen LogP contribution in [-0.4, -0.2) is 25.9 Å². The molecule has 0 radical (unpaired) electrons. The van der Waals surface area contributed by atoms with E-state index in [9.17, 15) is 4.79 Å². The number of nitrogens with zero attached hydrogens (tertiary/aromatic N) is 3. The van der Waals surface area contributed by atoms with E-state index in [1.54, 1.807) is 6.33 Å². The second-order valence-corrected chi connectivity index (χ2v) is 6.54. The minimum absolute atomic E-state index is 0.0397. The number of carbonyl (C=O) groups is 1. The van der Waals surface area contributed by atoms with Gasteiger partial charge in [-0.3, -0.25) is 4.79 Å². The quantitative estimate of drug-likeness (QED) is 0.861. The molecule has 0 fully saturated rings. The first-order valence-electron chi connectivity index (χ1n) is 6.91. The van der Waals surface area contributed by atoms with Crippen molar-refractivity contribution in [3.63, 3.8) is 0 Å². The lowest BCUT2D eigenvalue weighted by Gasteiger charge is -2.14. The van der Waals surface area contributed by atoms with Gasteiger partial charge in [0.25, 0.3) is 0 Å². The molecule has 0 aliphatic heterocycles. The first-order chi connectivity index (χ1) is 9.97. The summed E-state index contributed by atoms with van der Waals surface area (Å²) in [5.41, 5.74) is 1.98. The van der Waals surface area contributed by atoms with Crippen LogP contribution >= 0.6 is 11.8 Å². The summed E-state index contributed by atoms with van der Waals surface area (Å²) in [4.78, 5) is 12.2. The van der Waals surface area contributed by atoms with Gasteiger partial charge in [0.15, 0.2) is 5.16 Å². The summed E-state index contributed by atoms with van der Waals surface area (Å²) in [5, 5.41) is 11.4. The average molecular weight is 304 g/mol. The highest BCUT2D eigenvalue weighted by Crippen LogP contribution is 2.24. The molecule has 1 heterocycles. The number of anilines is 1. The SMILES string of the molecule is Cc1ccc(NC(=O)[C@H](C)Sc2nncn2C(C)C)cc1. The highest BCUT2D eigenvalue weighted by atomic mass is 32.2. The Morgan fingerprint density at radius 1 is 1.24 bits per heavy atom. The summed E-state index contributed by atoms with van der Waals surface area (Å²) in [6.07, 6.45) is 1.69. The van der Waals surface area contributed by atoms with Crippen molar-refractivity contribution >= 4 is 23.4 Å². The Morgan fingerprint density at radius 3 is 2.52 bits per heavy atom. The Kier molecular flexibility index (Phi) is 5.01. The highest BCUT2D eigenvalue weighted by Gasteiger charge is 2.18. The average Bonchev–Trinajstić information content (AvgIpc) is 2.89. The molecule has 0 aliphatic carbocycles. The van der Waals surface area contributed by atoms with E-state index in [2.05, 4.69) is 29.4 Å². The van der Waals surface area contributed by atoms with E-state index < -0.39 is 0 Å². The maximum absolute atomic E-state index is 12.2. The summed E-state index contributed by atoms with van der Waals surface area (Å²) >= 11 is 1.41. The predicted molar refractivity (Wildman–Crippen MR) is 85.5 cm³/mol. The lowest BCUT2D eigenvalue weighted by Crippen LogP contribution is -2.23. The summed E-state index contributed by atoms with van der Waals surface area (Å²) in [6, 6.07) is 8.03. The Balaban J connectivity index is 1.99. The summed E-state index contributed by atoms with van der Waals surface area (Å²) in [6.45, 7) is 8.01. The normalized spacial score (nSPS) is 12.4. The smallest absolute Gasteiger partial charge is 0.237 e. The fourth-order valence-electron chi connectivity index (χ4n) is 1.76. The van der Waals surface area contributed by atoms with E-state index in [1.807, 2.05) is 42.7 Å². The van der Waals surface area contributed by atoms with Gasteiger partial charge in [-0.2, -0.15) is 0 Å². The van der Waals surface area contributed by atoms with Crippen LogP contribution in [0.15, 0.2) is 35.7 Å². The standard InChI is InChI=1S/C15H20N4OS/c1-10(2)19-9-16-18-15(19)21-12(4)14(20)17-13-7-5-11(3)6-8-13/h5-10,12H,1-4H3,(H,17,20)/t12-/m0/s1. The van der Waals surface area contributed by atoms with Gasteiger partial charge in [-0.1, -0.05) is 29.5 Å². The van der Waals surface area contributed by atoms with Crippen molar-refractivity contribution in [2.45, 2.75) is 44.1 Å². The summed E-state index contributed by atoms with van der Waals surface area (Å²) in [7, 11) is 0. The lowest BCUT2D eigenvalue weighted by atomic mass is 10.2. The number of benzene rings is 1. The van der Waals surface area contributed by atoms with Crippen LogP contribution in [0.25, 0.3) is 0 Å². The Bertz CT molecular complexity index is 606. The van der Waals surface area contributed by atoms with Crippen molar-refractivity contribution < 1.29 is 4.79 Å². The third-order valence-corrected chi connectivity index (χ3v) is 4.14. The zero-order valence-electron chi connectivity index (χ0n) is 12.7. The van der Waals surface area contributed by atoms with Gasteiger partial charge >= 0.3 is 0 Å². The second kappa shape index (κ2) is 6.76. The number of thioether (sulfide) groups is 1. The molecule has 0 saturated heterocycles. The summed E-state index contributed by atoms with van der Waals surface area (Å²) < 4.78 is 1.96. The molecular weight excluding hydrogens is 284 g/mol. The maximum Gasteiger partial charge on any atom is 0.237 e. The van der Waals surface area contributed by atoms with Gasteiger partial charge in [-0.25, -0.2) is 0 Å². The topological polar surface area (TPSA) is 59.8 Å². The van der Waals surface area contributed by atoms with Gasteiger partial charge in [0.05, 0.1) is 5.25 Å². The zero-order valence-corrected chi connectivity index (χ0v) is 13.5. The fourth-order valence-corrected chi connectivity index (χ4v) is 2.72. The molecular formula is C15H20N4OS. The minimum Gasteiger partial charge on any atom is -0.325 e. The molecule has 21 heavy (non-hydrogen) atoms. The first-order valence-corrected chi connectivity index (χ1v) is 7.79. The number of hydrogen-bond acceptors (Lipinski definition) is 4. The number of rotatable bonds is 5. The summed E-state index contributed by atoms with van der Waals surface area (Å²) in [5.74, 6) is -0.0397. The Hall–Kier alpha value is -1.82. The van der Waals surface area contributed by atoms with Crippen molar-refractivity contribution in [1.29, 1.82) is 0 Å². The number of aromatic nitrogens is 3. The van der Waals surface area contributed by atoms with Crippen LogP contribution < -0.4 is 5.32 Å². The molecule has 2 rings (SSSR count). The van der Waals surface area contributed by atoms with Crippen molar-refractivity contribution in [1.82, 2.24) is 14.8 Å². The largest absolute Gasteiger partial charge is 0.325 e. The van der Waals surface area contributed by atoms with Crippen molar-refractivity contribution in [2.24, 2.45) is 0 Å². The van der Waals surface area contributed by atoms with Crippen LogP contribution in [0.4, 0.5) is 5.69 Å². The lowest BCUT2D eigenvalue weighted by molar-refractivity contribution is -0.115. The minimum atomic E-state index is -0.243.